The van der Waals surface area contributed by atoms with E-state index in [1.807, 2.05) is 11.3 Å². The normalized spacial score (nSPS) is 26.8. The first kappa shape index (κ1) is 14.4. The van der Waals surface area contributed by atoms with Gasteiger partial charge in [0.05, 0.1) is 31.7 Å². The molecule has 20 heavy (non-hydrogen) atoms. The van der Waals surface area contributed by atoms with Gasteiger partial charge >= 0.3 is 0 Å². The van der Waals surface area contributed by atoms with Crippen LogP contribution in [0.1, 0.15) is 32.1 Å². The molecule has 0 spiro atoms. The highest BCUT2D eigenvalue weighted by atomic mass is 35.5. The monoisotopic (exact) mass is 301 g/mol. The van der Waals surface area contributed by atoms with Crippen LogP contribution in [-0.4, -0.2) is 53.4 Å². The van der Waals surface area contributed by atoms with Crippen LogP contribution >= 0.6 is 11.8 Å². The Labute approximate surface area is 125 Å². The van der Waals surface area contributed by atoms with Crippen LogP contribution in [0, 0.1) is 0 Å². The number of rotatable bonds is 3. The van der Waals surface area contributed by atoms with Crippen LogP contribution < -0.4 is 11.0 Å². The maximum Gasteiger partial charge on any atom is 0.0722 e. The van der Waals surface area contributed by atoms with E-state index in [9.17, 15) is 0 Å². The predicted octanol–water partition coefficient (Wildman–Crippen LogP) is 1.19. The molecule has 0 bridgehead atoms. The number of nitrogens with zero attached hydrogens (tertiary/aromatic N) is 3. The first-order valence-electron chi connectivity index (χ1n) is 7.60. The molecule has 6 nitrogen and oxygen atoms in total. The quantitative estimate of drug-likeness (QED) is 0.764. The second kappa shape index (κ2) is 6.95. The standard InChI is InChI=1S/C13H24ClN5O/c14-18-10-13(17-6-8-20-9-7-17)11-19(16-18)15-12-4-2-1-3-5-12/h10,12,15-16H,1-9,11H2. The third-order valence-corrected chi connectivity index (χ3v) is 4.33. The van der Waals surface area contributed by atoms with Crippen molar-refractivity contribution in [1.29, 1.82) is 0 Å². The smallest absolute Gasteiger partial charge is 0.0722 e. The molecule has 2 fully saturated rings. The molecule has 1 saturated heterocycles. The Kier molecular flexibility index (Phi) is 5.01. The second-order valence-electron chi connectivity index (χ2n) is 5.68. The molecule has 2 aliphatic heterocycles. The van der Waals surface area contributed by atoms with Crippen molar-refractivity contribution in [2.75, 3.05) is 32.8 Å². The van der Waals surface area contributed by atoms with E-state index < -0.39 is 0 Å². The molecule has 3 rings (SSSR count). The van der Waals surface area contributed by atoms with Crippen molar-refractivity contribution in [3.05, 3.63) is 11.9 Å². The van der Waals surface area contributed by atoms with Gasteiger partial charge in [0, 0.05) is 30.9 Å². The first-order chi connectivity index (χ1) is 9.81. The molecule has 114 valence electrons. The number of hydrogen-bond donors (Lipinski definition) is 2. The lowest BCUT2D eigenvalue weighted by molar-refractivity contribution is 0.000433. The SMILES string of the molecule is ClN1C=C(N2CCOCC2)CN(NC2CCCCC2)N1. The predicted molar refractivity (Wildman–Crippen MR) is 78.0 cm³/mol. The zero-order valence-corrected chi connectivity index (χ0v) is 12.6. The van der Waals surface area contributed by atoms with Gasteiger partial charge in [-0.05, 0) is 12.8 Å². The Bertz CT molecular complexity index is 342. The number of hydrogen-bond acceptors (Lipinski definition) is 6. The fourth-order valence-electron chi connectivity index (χ4n) is 3.07. The number of hydrazine groups is 3. The molecule has 1 aliphatic carbocycles. The molecular weight excluding hydrogens is 278 g/mol. The summed E-state index contributed by atoms with van der Waals surface area (Å²) in [5, 5.41) is 2.01. The molecule has 2 N–H and O–H groups in total. The molecule has 2 heterocycles. The molecule has 1 saturated carbocycles. The molecule has 0 aromatic heterocycles. The van der Waals surface area contributed by atoms with Crippen molar-refractivity contribution in [3.8, 4) is 0 Å². The summed E-state index contributed by atoms with van der Waals surface area (Å²) in [6, 6.07) is 0.561. The van der Waals surface area contributed by atoms with E-state index >= 15 is 0 Å². The van der Waals surface area contributed by atoms with Crippen molar-refractivity contribution in [2.24, 2.45) is 0 Å². The summed E-state index contributed by atoms with van der Waals surface area (Å²) in [5.74, 6) is 0. The van der Waals surface area contributed by atoms with Gasteiger partial charge in [-0.3, -0.25) is 0 Å². The van der Waals surface area contributed by atoms with Crippen LogP contribution in [0.25, 0.3) is 0 Å². The topological polar surface area (TPSA) is 43.0 Å². The molecule has 0 aromatic rings. The molecule has 0 unspecified atom stereocenters. The van der Waals surface area contributed by atoms with Gasteiger partial charge in [0.25, 0.3) is 0 Å². The molecule has 0 atom stereocenters. The zero-order chi connectivity index (χ0) is 13.8. The van der Waals surface area contributed by atoms with E-state index in [2.05, 4.69) is 15.9 Å². The van der Waals surface area contributed by atoms with Crippen LogP contribution in [0.15, 0.2) is 11.9 Å². The first-order valence-corrected chi connectivity index (χ1v) is 7.93. The van der Waals surface area contributed by atoms with Gasteiger partial charge < -0.3 is 9.64 Å². The second-order valence-corrected chi connectivity index (χ2v) is 6.05. The molecule has 0 amide bonds. The maximum atomic E-state index is 6.15. The fraction of sp³-hybridized carbons (Fsp3) is 0.846. The Morgan fingerprint density at radius 2 is 1.95 bits per heavy atom. The van der Waals surface area contributed by atoms with Crippen molar-refractivity contribution in [1.82, 2.24) is 25.5 Å². The van der Waals surface area contributed by atoms with E-state index in [1.54, 1.807) is 0 Å². The summed E-state index contributed by atoms with van der Waals surface area (Å²) in [4.78, 5) is 2.34. The Morgan fingerprint density at radius 3 is 2.70 bits per heavy atom. The average molecular weight is 302 g/mol. The summed E-state index contributed by atoms with van der Waals surface area (Å²) in [6.07, 6.45) is 8.46. The Hall–Kier alpha value is -0.530. The summed E-state index contributed by atoms with van der Waals surface area (Å²) < 4.78 is 6.91. The zero-order valence-electron chi connectivity index (χ0n) is 11.9. The number of nitrogens with one attached hydrogen (secondary N) is 2. The maximum absolute atomic E-state index is 6.15. The third-order valence-electron chi connectivity index (χ3n) is 4.16. The number of morpholine rings is 1. The molecule has 3 aliphatic rings. The van der Waals surface area contributed by atoms with Gasteiger partial charge in [-0.2, -0.15) is 5.12 Å². The van der Waals surface area contributed by atoms with E-state index in [1.165, 1.54) is 42.3 Å². The highest BCUT2D eigenvalue weighted by molar-refractivity contribution is 6.13. The van der Waals surface area contributed by atoms with Crippen LogP contribution in [0.3, 0.4) is 0 Å². The lowest BCUT2D eigenvalue weighted by Crippen LogP contribution is -2.59. The summed E-state index contributed by atoms with van der Waals surface area (Å²) in [7, 11) is 0. The molecule has 0 aromatic carbocycles. The van der Waals surface area contributed by atoms with Crippen LogP contribution in [0.2, 0.25) is 0 Å². The van der Waals surface area contributed by atoms with Gasteiger partial charge in [0.15, 0.2) is 0 Å². The lowest BCUT2D eigenvalue weighted by Gasteiger charge is -2.40. The van der Waals surface area contributed by atoms with Crippen molar-refractivity contribution >= 4 is 11.8 Å². The largest absolute Gasteiger partial charge is 0.378 e. The average Bonchev–Trinajstić information content (AvgIpc) is 2.49. The van der Waals surface area contributed by atoms with Gasteiger partial charge in [-0.1, -0.05) is 19.3 Å². The Balaban J connectivity index is 1.56. The minimum atomic E-state index is 0.561. The Morgan fingerprint density at radius 1 is 1.20 bits per heavy atom. The summed E-state index contributed by atoms with van der Waals surface area (Å²) in [5.41, 5.74) is 7.90. The van der Waals surface area contributed by atoms with Crippen molar-refractivity contribution in [3.63, 3.8) is 0 Å². The fourth-order valence-corrected chi connectivity index (χ4v) is 3.28. The van der Waals surface area contributed by atoms with Gasteiger partial charge in [0.2, 0.25) is 0 Å². The third kappa shape index (κ3) is 3.77. The molecule has 7 heteroatoms. The minimum Gasteiger partial charge on any atom is -0.378 e. The van der Waals surface area contributed by atoms with E-state index in [4.69, 9.17) is 16.5 Å². The highest BCUT2D eigenvalue weighted by Gasteiger charge is 2.24. The van der Waals surface area contributed by atoms with Crippen LogP contribution in [0.4, 0.5) is 0 Å². The molecule has 0 radical (unpaired) electrons. The van der Waals surface area contributed by atoms with Crippen molar-refractivity contribution < 1.29 is 4.74 Å². The van der Waals surface area contributed by atoms with Crippen LogP contribution in [0.5, 0.6) is 0 Å². The van der Waals surface area contributed by atoms with E-state index in [-0.39, 0.29) is 0 Å². The van der Waals surface area contributed by atoms with Gasteiger partial charge in [-0.15, -0.1) is 5.53 Å². The summed E-state index contributed by atoms with van der Waals surface area (Å²) in [6.45, 7) is 4.29. The van der Waals surface area contributed by atoms with Crippen molar-refractivity contribution in [2.45, 2.75) is 38.1 Å². The van der Waals surface area contributed by atoms with Gasteiger partial charge in [0.1, 0.15) is 0 Å². The van der Waals surface area contributed by atoms with Crippen LogP contribution in [-0.2, 0) is 4.74 Å². The highest BCUT2D eigenvalue weighted by Crippen LogP contribution is 2.19. The van der Waals surface area contributed by atoms with E-state index in [0.717, 1.165) is 32.8 Å². The molecular formula is C13H24ClN5O. The minimum absolute atomic E-state index is 0.561. The lowest BCUT2D eigenvalue weighted by atomic mass is 9.96. The number of halogens is 1. The summed E-state index contributed by atoms with van der Waals surface area (Å²) >= 11 is 6.15. The van der Waals surface area contributed by atoms with Gasteiger partial charge in [-0.25, -0.2) is 9.95 Å². The van der Waals surface area contributed by atoms with E-state index in [0.29, 0.717) is 6.04 Å². The number of ether oxygens (including phenoxy) is 1.